The molecule has 0 saturated carbocycles. The molecule has 25 heavy (non-hydrogen) atoms. The Morgan fingerprint density at radius 1 is 1.00 bits per heavy atom. The van der Waals surface area contributed by atoms with Crippen molar-refractivity contribution < 1.29 is 0 Å². The highest BCUT2D eigenvalue weighted by molar-refractivity contribution is 5.83. The minimum absolute atomic E-state index is 0.787. The molecule has 0 aliphatic heterocycles. The molecule has 0 fully saturated rings. The maximum Gasteiger partial charge on any atom is 0.131 e. The van der Waals surface area contributed by atoms with Gasteiger partial charge in [0, 0.05) is 36.3 Å². The van der Waals surface area contributed by atoms with Gasteiger partial charge < -0.3 is 15.6 Å². The Morgan fingerprint density at radius 2 is 1.76 bits per heavy atom. The summed E-state index contributed by atoms with van der Waals surface area (Å²) in [4.78, 5) is 12.3. The second-order valence-corrected chi connectivity index (χ2v) is 6.36. The van der Waals surface area contributed by atoms with E-state index in [1.807, 2.05) is 13.0 Å². The Hall–Kier alpha value is -2.56. The first kappa shape index (κ1) is 17.3. The number of para-hydroxylation sites is 1. The zero-order valence-corrected chi connectivity index (χ0v) is 15.1. The number of nitrogens with one attached hydrogen (secondary N) is 3. The molecule has 3 aromatic rings. The lowest BCUT2D eigenvalue weighted by Crippen LogP contribution is -2.10. The van der Waals surface area contributed by atoms with E-state index in [9.17, 15) is 0 Å². The van der Waals surface area contributed by atoms with Crippen molar-refractivity contribution in [3.05, 3.63) is 47.9 Å². The number of hydrogen-bond acceptors (Lipinski definition) is 4. The molecule has 3 rings (SSSR count). The number of rotatable bonds is 9. The fourth-order valence-electron chi connectivity index (χ4n) is 3.00. The molecule has 0 bridgehead atoms. The molecule has 0 aliphatic carbocycles. The zero-order valence-electron chi connectivity index (χ0n) is 15.1. The number of aromatic nitrogens is 3. The number of anilines is 2. The van der Waals surface area contributed by atoms with E-state index in [4.69, 9.17) is 0 Å². The van der Waals surface area contributed by atoms with Crippen LogP contribution in [0.1, 0.15) is 37.6 Å². The molecule has 3 N–H and O–H groups in total. The van der Waals surface area contributed by atoms with Crippen molar-refractivity contribution in [2.75, 3.05) is 23.7 Å². The van der Waals surface area contributed by atoms with Gasteiger partial charge in [0.25, 0.3) is 0 Å². The average molecular weight is 337 g/mol. The lowest BCUT2D eigenvalue weighted by atomic mass is 10.1. The predicted molar refractivity (Wildman–Crippen MR) is 105 cm³/mol. The standard InChI is InChI=1S/C20H27N5/c1-3-4-7-11-21-19-13-20(25-15(2)24-19)22-12-10-16-14-23-18-9-6-5-8-17(16)18/h5-6,8-9,13-14,23H,3-4,7,10-12H2,1-2H3,(H2,21,22,24,25). The molecule has 0 saturated heterocycles. The average Bonchev–Trinajstić information content (AvgIpc) is 3.02. The van der Waals surface area contributed by atoms with Crippen LogP contribution in [-0.4, -0.2) is 28.0 Å². The number of unbranched alkanes of at least 4 members (excludes halogenated alkanes) is 2. The Bertz CT molecular complexity index is 809. The van der Waals surface area contributed by atoms with Gasteiger partial charge in [0.2, 0.25) is 0 Å². The summed E-state index contributed by atoms with van der Waals surface area (Å²) in [7, 11) is 0. The SMILES string of the molecule is CCCCCNc1cc(NCCc2c[nH]c3ccccc23)nc(C)n1. The van der Waals surface area contributed by atoms with Gasteiger partial charge in [-0.05, 0) is 31.4 Å². The number of aryl methyl sites for hydroxylation is 1. The lowest BCUT2D eigenvalue weighted by molar-refractivity contribution is 0.742. The van der Waals surface area contributed by atoms with E-state index in [1.54, 1.807) is 0 Å². The number of nitrogens with zero attached hydrogens (tertiary/aromatic N) is 2. The largest absolute Gasteiger partial charge is 0.370 e. The molecule has 0 radical (unpaired) electrons. The monoisotopic (exact) mass is 337 g/mol. The third-order valence-electron chi connectivity index (χ3n) is 4.30. The summed E-state index contributed by atoms with van der Waals surface area (Å²) in [5.74, 6) is 2.57. The van der Waals surface area contributed by atoms with Crippen molar-refractivity contribution in [2.45, 2.75) is 39.5 Å². The van der Waals surface area contributed by atoms with Crippen LogP contribution < -0.4 is 10.6 Å². The second kappa shape index (κ2) is 8.51. The summed E-state index contributed by atoms with van der Waals surface area (Å²) < 4.78 is 0. The summed E-state index contributed by atoms with van der Waals surface area (Å²) >= 11 is 0. The molecule has 0 atom stereocenters. The fourth-order valence-corrected chi connectivity index (χ4v) is 3.00. The quantitative estimate of drug-likeness (QED) is 0.502. The van der Waals surface area contributed by atoms with Gasteiger partial charge in [0.15, 0.2) is 0 Å². The minimum atomic E-state index is 0.787. The highest BCUT2D eigenvalue weighted by atomic mass is 15.1. The molecule has 0 spiro atoms. The number of fused-ring (bicyclic) bond motifs is 1. The lowest BCUT2D eigenvalue weighted by Gasteiger charge is -2.10. The highest BCUT2D eigenvalue weighted by Gasteiger charge is 2.04. The van der Waals surface area contributed by atoms with E-state index < -0.39 is 0 Å². The molecular weight excluding hydrogens is 310 g/mol. The van der Waals surface area contributed by atoms with Crippen LogP contribution in [-0.2, 0) is 6.42 Å². The second-order valence-electron chi connectivity index (χ2n) is 6.36. The van der Waals surface area contributed by atoms with Crippen LogP contribution in [0.3, 0.4) is 0 Å². The van der Waals surface area contributed by atoms with E-state index in [1.165, 1.54) is 35.7 Å². The Morgan fingerprint density at radius 3 is 2.56 bits per heavy atom. The molecule has 5 heteroatoms. The normalized spacial score (nSPS) is 11.0. The van der Waals surface area contributed by atoms with Crippen LogP contribution in [0.25, 0.3) is 10.9 Å². The summed E-state index contributed by atoms with van der Waals surface area (Å²) in [5, 5.41) is 8.11. The van der Waals surface area contributed by atoms with Crippen molar-refractivity contribution in [2.24, 2.45) is 0 Å². The Balaban J connectivity index is 1.56. The number of hydrogen-bond donors (Lipinski definition) is 3. The van der Waals surface area contributed by atoms with E-state index in [-0.39, 0.29) is 0 Å². The van der Waals surface area contributed by atoms with Gasteiger partial charge in [-0.25, -0.2) is 9.97 Å². The molecule has 0 unspecified atom stereocenters. The molecule has 0 amide bonds. The molecule has 5 nitrogen and oxygen atoms in total. The smallest absolute Gasteiger partial charge is 0.131 e. The van der Waals surface area contributed by atoms with Crippen molar-refractivity contribution in [3.63, 3.8) is 0 Å². The van der Waals surface area contributed by atoms with Crippen molar-refractivity contribution in [1.82, 2.24) is 15.0 Å². The van der Waals surface area contributed by atoms with Crippen LogP contribution in [0.15, 0.2) is 36.5 Å². The zero-order chi connectivity index (χ0) is 17.5. The summed E-state index contributed by atoms with van der Waals surface area (Å²) in [6, 6.07) is 10.4. The third kappa shape index (κ3) is 4.72. The summed E-state index contributed by atoms with van der Waals surface area (Å²) in [5.41, 5.74) is 2.51. The number of benzene rings is 1. The van der Waals surface area contributed by atoms with Gasteiger partial charge in [-0.1, -0.05) is 38.0 Å². The van der Waals surface area contributed by atoms with Crippen LogP contribution in [0.5, 0.6) is 0 Å². The Labute approximate surface area is 149 Å². The van der Waals surface area contributed by atoms with Gasteiger partial charge >= 0.3 is 0 Å². The first-order valence-corrected chi connectivity index (χ1v) is 9.14. The van der Waals surface area contributed by atoms with Crippen LogP contribution in [0.2, 0.25) is 0 Å². The Kier molecular flexibility index (Phi) is 5.88. The molecule has 132 valence electrons. The van der Waals surface area contributed by atoms with Gasteiger partial charge in [-0.2, -0.15) is 0 Å². The molecule has 1 aromatic carbocycles. The number of aromatic amines is 1. The molecule has 2 aromatic heterocycles. The van der Waals surface area contributed by atoms with E-state index in [0.29, 0.717) is 0 Å². The van der Waals surface area contributed by atoms with Gasteiger partial charge in [-0.3, -0.25) is 0 Å². The summed E-state index contributed by atoms with van der Waals surface area (Å²) in [6.07, 6.45) is 6.69. The molecule has 2 heterocycles. The maximum atomic E-state index is 4.49. The summed E-state index contributed by atoms with van der Waals surface area (Å²) in [6.45, 7) is 5.94. The van der Waals surface area contributed by atoms with Crippen molar-refractivity contribution in [3.8, 4) is 0 Å². The third-order valence-corrected chi connectivity index (χ3v) is 4.30. The van der Waals surface area contributed by atoms with Gasteiger partial charge in [0.1, 0.15) is 17.5 Å². The van der Waals surface area contributed by atoms with Crippen LogP contribution in [0.4, 0.5) is 11.6 Å². The van der Waals surface area contributed by atoms with Crippen LogP contribution >= 0.6 is 0 Å². The number of H-pyrrole nitrogens is 1. The maximum absolute atomic E-state index is 4.49. The highest BCUT2D eigenvalue weighted by Crippen LogP contribution is 2.18. The van der Waals surface area contributed by atoms with E-state index in [2.05, 4.69) is 63.0 Å². The van der Waals surface area contributed by atoms with Crippen molar-refractivity contribution >= 4 is 22.5 Å². The fraction of sp³-hybridized carbons (Fsp3) is 0.400. The van der Waals surface area contributed by atoms with Crippen LogP contribution in [0, 0.1) is 6.92 Å². The van der Waals surface area contributed by atoms with E-state index >= 15 is 0 Å². The molecular formula is C20H27N5. The van der Waals surface area contributed by atoms with E-state index in [0.717, 1.165) is 37.0 Å². The van der Waals surface area contributed by atoms with Gasteiger partial charge in [-0.15, -0.1) is 0 Å². The van der Waals surface area contributed by atoms with Gasteiger partial charge in [0.05, 0.1) is 0 Å². The predicted octanol–water partition coefficient (Wildman–Crippen LogP) is 4.52. The minimum Gasteiger partial charge on any atom is -0.370 e. The molecule has 0 aliphatic rings. The topological polar surface area (TPSA) is 65.6 Å². The first-order valence-electron chi connectivity index (χ1n) is 9.14. The van der Waals surface area contributed by atoms with Crippen molar-refractivity contribution in [1.29, 1.82) is 0 Å². The first-order chi connectivity index (χ1) is 12.3.